The molecule has 2 aliphatic carbocycles. The second kappa shape index (κ2) is 7.99. The van der Waals surface area contributed by atoms with Gasteiger partial charge in [-0.25, -0.2) is 0 Å². The Morgan fingerprint density at radius 2 is 1.95 bits per heavy atom. The molecule has 0 saturated heterocycles. The molecule has 1 amide bonds. The van der Waals surface area contributed by atoms with Crippen molar-refractivity contribution in [2.75, 3.05) is 26.7 Å². The predicted molar refractivity (Wildman–Crippen MR) is 80.4 cm³/mol. The molecule has 1 unspecified atom stereocenters. The first-order valence-electron chi connectivity index (χ1n) is 8.28. The third-order valence-electron chi connectivity index (χ3n) is 4.68. The zero-order valence-electron chi connectivity index (χ0n) is 12.8. The molecule has 0 bridgehead atoms. The minimum atomic E-state index is -0.255. The van der Waals surface area contributed by atoms with E-state index in [4.69, 9.17) is 0 Å². The number of hydrogen-bond acceptors (Lipinski definition) is 3. The summed E-state index contributed by atoms with van der Waals surface area (Å²) in [6.07, 6.45) is 9.94. The Kier molecular flexibility index (Phi) is 6.30. The first-order chi connectivity index (χ1) is 9.65. The Hall–Kier alpha value is -0.610. The molecular weight excluding hydrogens is 252 g/mol. The van der Waals surface area contributed by atoms with Gasteiger partial charge in [0.15, 0.2) is 0 Å². The lowest BCUT2D eigenvalue weighted by atomic mass is 9.87. The highest BCUT2D eigenvalue weighted by Crippen LogP contribution is 2.32. The number of aliphatic hydroxyl groups is 1. The number of amides is 1. The summed E-state index contributed by atoms with van der Waals surface area (Å²) in [7, 11) is 1.91. The van der Waals surface area contributed by atoms with Crippen molar-refractivity contribution < 1.29 is 9.90 Å². The first-order valence-corrected chi connectivity index (χ1v) is 8.28. The van der Waals surface area contributed by atoms with Crippen LogP contribution in [0.5, 0.6) is 0 Å². The lowest BCUT2D eigenvalue weighted by molar-refractivity contribution is -0.122. The summed E-state index contributed by atoms with van der Waals surface area (Å²) in [5.74, 6) is 1.39. The van der Waals surface area contributed by atoms with Gasteiger partial charge in [-0.3, -0.25) is 9.69 Å². The zero-order chi connectivity index (χ0) is 14.4. The van der Waals surface area contributed by atoms with Crippen LogP contribution in [0.15, 0.2) is 0 Å². The van der Waals surface area contributed by atoms with Crippen LogP contribution in [0.2, 0.25) is 0 Å². The topological polar surface area (TPSA) is 52.6 Å². The summed E-state index contributed by atoms with van der Waals surface area (Å²) in [6.45, 7) is 1.82. The van der Waals surface area contributed by atoms with Crippen LogP contribution in [0.25, 0.3) is 0 Å². The van der Waals surface area contributed by atoms with Crippen molar-refractivity contribution in [1.82, 2.24) is 10.2 Å². The van der Waals surface area contributed by atoms with E-state index in [1.54, 1.807) is 0 Å². The van der Waals surface area contributed by atoms with Crippen molar-refractivity contribution in [2.45, 2.75) is 57.5 Å². The molecule has 1 atom stereocenters. The number of aliphatic hydroxyl groups excluding tert-OH is 1. The van der Waals surface area contributed by atoms with Gasteiger partial charge in [0.2, 0.25) is 5.91 Å². The fourth-order valence-electron chi connectivity index (χ4n) is 3.21. The van der Waals surface area contributed by atoms with E-state index in [0.29, 0.717) is 19.0 Å². The molecule has 0 spiro atoms. The summed E-state index contributed by atoms with van der Waals surface area (Å²) in [5.41, 5.74) is 0. The minimum Gasteiger partial charge on any atom is -0.392 e. The quantitative estimate of drug-likeness (QED) is 0.713. The molecular formula is C16H30N2O2. The third kappa shape index (κ3) is 5.80. The van der Waals surface area contributed by atoms with Crippen molar-refractivity contribution in [1.29, 1.82) is 0 Å². The van der Waals surface area contributed by atoms with Crippen LogP contribution < -0.4 is 5.32 Å². The maximum absolute atomic E-state index is 11.8. The van der Waals surface area contributed by atoms with Gasteiger partial charge >= 0.3 is 0 Å². The highest BCUT2D eigenvalue weighted by atomic mass is 16.3. The predicted octanol–water partition coefficient (Wildman–Crippen LogP) is 1.78. The van der Waals surface area contributed by atoms with Crippen molar-refractivity contribution in [3.8, 4) is 0 Å². The Morgan fingerprint density at radius 3 is 2.60 bits per heavy atom. The van der Waals surface area contributed by atoms with Gasteiger partial charge in [-0.05, 0) is 38.1 Å². The molecule has 2 N–H and O–H groups in total. The van der Waals surface area contributed by atoms with Gasteiger partial charge in [0.25, 0.3) is 0 Å². The van der Waals surface area contributed by atoms with Crippen LogP contribution in [0.3, 0.4) is 0 Å². The number of carbonyl (C=O) groups is 1. The number of likely N-dealkylation sites (N-methyl/N-ethyl adjacent to an activating group) is 1. The van der Waals surface area contributed by atoms with E-state index in [1.165, 1.54) is 32.1 Å². The van der Waals surface area contributed by atoms with Crippen LogP contribution in [-0.2, 0) is 4.79 Å². The van der Waals surface area contributed by atoms with Crippen LogP contribution in [0.1, 0.15) is 51.4 Å². The smallest absolute Gasteiger partial charge is 0.234 e. The van der Waals surface area contributed by atoms with Crippen LogP contribution >= 0.6 is 0 Å². The van der Waals surface area contributed by atoms with Crippen molar-refractivity contribution in [2.24, 2.45) is 11.8 Å². The molecule has 0 aliphatic heterocycles. The van der Waals surface area contributed by atoms with E-state index in [-0.39, 0.29) is 12.0 Å². The number of rotatable bonds is 8. The molecule has 2 saturated carbocycles. The van der Waals surface area contributed by atoms with E-state index in [2.05, 4.69) is 5.32 Å². The van der Waals surface area contributed by atoms with Gasteiger partial charge in [0.1, 0.15) is 0 Å². The summed E-state index contributed by atoms with van der Waals surface area (Å²) in [6, 6.07) is 0. The molecule has 2 fully saturated rings. The molecule has 0 aromatic rings. The van der Waals surface area contributed by atoms with Gasteiger partial charge in [0.05, 0.1) is 12.6 Å². The van der Waals surface area contributed by atoms with E-state index < -0.39 is 0 Å². The molecule has 0 radical (unpaired) electrons. The molecule has 2 rings (SSSR count). The van der Waals surface area contributed by atoms with Gasteiger partial charge in [-0.1, -0.05) is 32.1 Å². The maximum atomic E-state index is 11.8. The number of hydrogen-bond donors (Lipinski definition) is 2. The van der Waals surface area contributed by atoms with Gasteiger partial charge in [0, 0.05) is 13.1 Å². The largest absolute Gasteiger partial charge is 0.392 e. The average Bonchev–Trinajstić information content (AvgIpc) is 3.24. The normalized spacial score (nSPS) is 21.9. The van der Waals surface area contributed by atoms with Crippen molar-refractivity contribution in [3.63, 3.8) is 0 Å². The second-order valence-corrected chi connectivity index (χ2v) is 6.74. The van der Waals surface area contributed by atoms with E-state index in [9.17, 15) is 9.90 Å². The average molecular weight is 282 g/mol. The third-order valence-corrected chi connectivity index (χ3v) is 4.68. The van der Waals surface area contributed by atoms with Gasteiger partial charge in [-0.2, -0.15) is 0 Å². The maximum Gasteiger partial charge on any atom is 0.234 e. The first kappa shape index (κ1) is 15.8. The molecule has 4 heteroatoms. The fraction of sp³-hybridized carbons (Fsp3) is 0.938. The number of nitrogens with one attached hydrogen (secondary N) is 1. The second-order valence-electron chi connectivity index (χ2n) is 6.74. The SMILES string of the molecule is CN(CC(=O)NCCC1CCCCC1)CC(O)C1CC1. The molecule has 20 heavy (non-hydrogen) atoms. The lowest BCUT2D eigenvalue weighted by Gasteiger charge is -2.22. The molecule has 4 nitrogen and oxygen atoms in total. The summed E-state index contributed by atoms with van der Waals surface area (Å²) >= 11 is 0. The number of carbonyl (C=O) groups excluding carboxylic acids is 1. The summed E-state index contributed by atoms with van der Waals surface area (Å²) in [5, 5.41) is 12.9. The van der Waals surface area contributed by atoms with Crippen LogP contribution in [-0.4, -0.2) is 48.7 Å². The highest BCUT2D eigenvalue weighted by molar-refractivity contribution is 5.77. The molecule has 116 valence electrons. The monoisotopic (exact) mass is 282 g/mol. The highest BCUT2D eigenvalue weighted by Gasteiger charge is 2.30. The van der Waals surface area contributed by atoms with E-state index in [1.807, 2.05) is 11.9 Å². The molecule has 0 heterocycles. The Morgan fingerprint density at radius 1 is 1.25 bits per heavy atom. The van der Waals surface area contributed by atoms with Gasteiger partial charge in [-0.15, -0.1) is 0 Å². The van der Waals surface area contributed by atoms with Gasteiger partial charge < -0.3 is 10.4 Å². The lowest BCUT2D eigenvalue weighted by Crippen LogP contribution is -2.39. The fourth-order valence-corrected chi connectivity index (χ4v) is 3.21. The Bertz CT molecular complexity index is 299. The number of nitrogens with zero attached hydrogens (tertiary/aromatic N) is 1. The van der Waals surface area contributed by atoms with E-state index >= 15 is 0 Å². The summed E-state index contributed by atoms with van der Waals surface area (Å²) in [4.78, 5) is 13.8. The van der Waals surface area contributed by atoms with Crippen molar-refractivity contribution in [3.05, 3.63) is 0 Å². The standard InChI is InChI=1S/C16H30N2O2/c1-18(11-15(19)14-7-8-14)12-16(20)17-10-9-13-5-3-2-4-6-13/h13-15,19H,2-12H2,1H3,(H,17,20). The molecule has 0 aromatic carbocycles. The Labute approximate surface area is 122 Å². The van der Waals surface area contributed by atoms with Crippen molar-refractivity contribution >= 4 is 5.91 Å². The molecule has 2 aliphatic rings. The van der Waals surface area contributed by atoms with Crippen LogP contribution in [0.4, 0.5) is 0 Å². The van der Waals surface area contributed by atoms with Crippen LogP contribution in [0, 0.1) is 11.8 Å². The van der Waals surface area contributed by atoms with E-state index in [0.717, 1.165) is 31.7 Å². The molecule has 0 aromatic heterocycles. The Balaban J connectivity index is 1.52. The minimum absolute atomic E-state index is 0.0892. The summed E-state index contributed by atoms with van der Waals surface area (Å²) < 4.78 is 0. The zero-order valence-corrected chi connectivity index (χ0v) is 12.8.